The highest BCUT2D eigenvalue weighted by molar-refractivity contribution is 7.07. The van der Waals surface area contributed by atoms with Crippen molar-refractivity contribution < 1.29 is 9.18 Å². The van der Waals surface area contributed by atoms with Crippen molar-refractivity contribution in [1.29, 1.82) is 0 Å². The molecule has 1 aromatic carbocycles. The molecule has 1 aromatic heterocycles. The largest absolute Gasteiger partial charge is 0.337 e. The molecule has 0 N–H and O–H groups in total. The van der Waals surface area contributed by atoms with Crippen molar-refractivity contribution >= 4 is 17.2 Å². The summed E-state index contributed by atoms with van der Waals surface area (Å²) in [6.45, 7) is 4.50. The second kappa shape index (κ2) is 6.02. The van der Waals surface area contributed by atoms with E-state index in [9.17, 15) is 9.18 Å². The predicted octanol–water partition coefficient (Wildman–Crippen LogP) is 2.49. The molecule has 2 aliphatic rings. The number of aromatic nitrogens is 1. The van der Waals surface area contributed by atoms with Crippen molar-refractivity contribution in [2.24, 2.45) is 11.8 Å². The molecule has 0 bridgehead atoms. The fourth-order valence-electron chi connectivity index (χ4n) is 3.71. The van der Waals surface area contributed by atoms with E-state index >= 15 is 0 Å². The van der Waals surface area contributed by atoms with Gasteiger partial charge in [0.2, 0.25) is 0 Å². The molecule has 0 spiro atoms. The van der Waals surface area contributed by atoms with Crippen LogP contribution in [0.1, 0.15) is 16.1 Å². The summed E-state index contributed by atoms with van der Waals surface area (Å²) >= 11 is 1.46. The first-order valence-corrected chi connectivity index (χ1v) is 8.77. The van der Waals surface area contributed by atoms with Gasteiger partial charge < -0.3 is 4.90 Å². The number of hydrogen-bond donors (Lipinski definition) is 0. The third kappa shape index (κ3) is 3.01. The molecule has 4 nitrogen and oxygen atoms in total. The molecule has 6 heteroatoms. The number of halogens is 1. The van der Waals surface area contributed by atoms with E-state index in [2.05, 4.69) is 9.88 Å². The van der Waals surface area contributed by atoms with Gasteiger partial charge in [-0.2, -0.15) is 0 Å². The first-order valence-electron chi connectivity index (χ1n) is 7.83. The maximum Gasteiger partial charge on any atom is 0.273 e. The Kier molecular flexibility index (Phi) is 3.87. The molecule has 2 aromatic rings. The zero-order valence-electron chi connectivity index (χ0n) is 12.7. The Labute approximate surface area is 138 Å². The normalized spacial score (nSPS) is 24.1. The highest BCUT2D eigenvalue weighted by Gasteiger charge is 2.41. The summed E-state index contributed by atoms with van der Waals surface area (Å²) in [5, 5.41) is 1.82. The molecule has 0 aliphatic carbocycles. The number of likely N-dealkylation sites (tertiary alicyclic amines) is 2. The number of carbonyl (C=O) groups excluding carboxylic acids is 1. The van der Waals surface area contributed by atoms with Crippen molar-refractivity contribution in [2.75, 3.05) is 26.2 Å². The van der Waals surface area contributed by atoms with Gasteiger partial charge in [0.15, 0.2) is 0 Å². The highest BCUT2D eigenvalue weighted by atomic mass is 32.1. The average molecular weight is 331 g/mol. The Morgan fingerprint density at radius 2 is 1.87 bits per heavy atom. The van der Waals surface area contributed by atoms with Crippen LogP contribution in [0, 0.1) is 17.7 Å². The number of amides is 1. The van der Waals surface area contributed by atoms with E-state index in [4.69, 9.17) is 0 Å². The summed E-state index contributed by atoms with van der Waals surface area (Å²) in [4.78, 5) is 20.8. The number of benzene rings is 1. The Morgan fingerprint density at radius 1 is 1.17 bits per heavy atom. The molecule has 3 heterocycles. The molecule has 120 valence electrons. The van der Waals surface area contributed by atoms with Crippen LogP contribution in [0.25, 0.3) is 0 Å². The fourth-order valence-corrected chi connectivity index (χ4v) is 4.24. The lowest BCUT2D eigenvalue weighted by Gasteiger charge is -2.21. The Morgan fingerprint density at radius 3 is 2.48 bits per heavy atom. The van der Waals surface area contributed by atoms with Gasteiger partial charge in [0.1, 0.15) is 11.5 Å². The van der Waals surface area contributed by atoms with Crippen molar-refractivity contribution in [3.05, 3.63) is 52.2 Å². The smallest absolute Gasteiger partial charge is 0.273 e. The fraction of sp³-hybridized carbons (Fsp3) is 0.412. The van der Waals surface area contributed by atoms with E-state index in [1.54, 1.807) is 5.51 Å². The monoisotopic (exact) mass is 331 g/mol. The molecule has 0 saturated carbocycles. The van der Waals surface area contributed by atoms with Crippen molar-refractivity contribution in [3.8, 4) is 0 Å². The quantitative estimate of drug-likeness (QED) is 0.867. The predicted molar refractivity (Wildman–Crippen MR) is 86.7 cm³/mol. The molecule has 2 fully saturated rings. The first-order chi connectivity index (χ1) is 11.2. The van der Waals surface area contributed by atoms with Crippen LogP contribution < -0.4 is 0 Å². The van der Waals surface area contributed by atoms with Gasteiger partial charge in [0.25, 0.3) is 5.91 Å². The molecule has 1 amide bonds. The molecular formula is C17H18FN3OS. The van der Waals surface area contributed by atoms with E-state index < -0.39 is 0 Å². The number of hydrogen-bond acceptors (Lipinski definition) is 4. The van der Waals surface area contributed by atoms with Crippen LogP contribution >= 0.6 is 11.3 Å². The molecule has 2 aliphatic heterocycles. The van der Waals surface area contributed by atoms with E-state index in [0.717, 1.165) is 38.3 Å². The van der Waals surface area contributed by atoms with Gasteiger partial charge in [-0.1, -0.05) is 12.1 Å². The average Bonchev–Trinajstić information content (AvgIpc) is 3.24. The van der Waals surface area contributed by atoms with Crippen molar-refractivity contribution in [1.82, 2.24) is 14.8 Å². The molecule has 2 saturated heterocycles. The zero-order chi connectivity index (χ0) is 15.8. The molecular weight excluding hydrogens is 313 g/mol. The maximum absolute atomic E-state index is 13.0. The van der Waals surface area contributed by atoms with Crippen molar-refractivity contribution in [2.45, 2.75) is 6.54 Å². The highest BCUT2D eigenvalue weighted by Crippen LogP contribution is 2.32. The molecule has 0 unspecified atom stereocenters. The standard InChI is InChI=1S/C17H18FN3OS/c18-15-3-1-12(2-4-15)5-20-6-13-8-21(9-14(13)7-20)17(22)16-10-23-11-19-16/h1-4,10-11,13-14H,5-9H2/t13-,14+. The second-order valence-corrected chi connectivity index (χ2v) is 7.14. The minimum atomic E-state index is -0.191. The Balaban J connectivity index is 1.35. The lowest BCUT2D eigenvalue weighted by atomic mass is 10.0. The number of rotatable bonds is 3. The van der Waals surface area contributed by atoms with Crippen LogP contribution in [0.15, 0.2) is 35.2 Å². The van der Waals surface area contributed by atoms with Crippen LogP contribution in [0.3, 0.4) is 0 Å². The zero-order valence-corrected chi connectivity index (χ0v) is 13.5. The summed E-state index contributed by atoms with van der Waals surface area (Å²) in [6.07, 6.45) is 0. The third-order valence-corrected chi connectivity index (χ3v) is 5.41. The number of nitrogens with zero attached hydrogens (tertiary/aromatic N) is 3. The topological polar surface area (TPSA) is 36.4 Å². The third-order valence-electron chi connectivity index (χ3n) is 4.82. The van der Waals surface area contributed by atoms with Gasteiger partial charge in [-0.05, 0) is 29.5 Å². The summed E-state index contributed by atoms with van der Waals surface area (Å²) in [5.74, 6) is 0.949. The Hall–Kier alpha value is -1.79. The molecule has 23 heavy (non-hydrogen) atoms. The Bertz CT molecular complexity index is 674. The summed E-state index contributed by atoms with van der Waals surface area (Å²) in [5.41, 5.74) is 3.41. The minimum Gasteiger partial charge on any atom is -0.337 e. The van der Waals surface area contributed by atoms with Gasteiger partial charge in [-0.25, -0.2) is 9.37 Å². The van der Waals surface area contributed by atoms with E-state index in [1.165, 1.54) is 23.5 Å². The van der Waals surface area contributed by atoms with Crippen molar-refractivity contribution in [3.63, 3.8) is 0 Å². The second-order valence-electron chi connectivity index (χ2n) is 6.42. The summed E-state index contributed by atoms with van der Waals surface area (Å²) < 4.78 is 13.0. The summed E-state index contributed by atoms with van der Waals surface area (Å²) in [7, 11) is 0. The molecule has 2 atom stereocenters. The lowest BCUT2D eigenvalue weighted by Crippen LogP contribution is -2.33. The van der Waals surface area contributed by atoms with Gasteiger partial charge in [-0.3, -0.25) is 9.69 Å². The van der Waals surface area contributed by atoms with E-state index in [0.29, 0.717) is 17.5 Å². The minimum absolute atomic E-state index is 0.0609. The number of thiazole rings is 1. The van der Waals surface area contributed by atoms with Crippen LogP contribution in [0.4, 0.5) is 4.39 Å². The SMILES string of the molecule is O=C(c1cscn1)N1C[C@H]2CN(Cc3ccc(F)cc3)C[C@H]2C1. The van der Waals surface area contributed by atoms with E-state index in [-0.39, 0.29) is 11.7 Å². The lowest BCUT2D eigenvalue weighted by molar-refractivity contribution is 0.0768. The number of carbonyl (C=O) groups is 1. The van der Waals surface area contributed by atoms with E-state index in [1.807, 2.05) is 22.4 Å². The maximum atomic E-state index is 13.0. The van der Waals surface area contributed by atoms with Crippen LogP contribution in [-0.4, -0.2) is 46.9 Å². The van der Waals surface area contributed by atoms with Gasteiger partial charge in [0, 0.05) is 38.1 Å². The molecule has 4 rings (SSSR count). The molecule has 0 radical (unpaired) electrons. The van der Waals surface area contributed by atoms with Crippen LogP contribution in [0.2, 0.25) is 0 Å². The number of fused-ring (bicyclic) bond motifs is 1. The van der Waals surface area contributed by atoms with Gasteiger partial charge in [0.05, 0.1) is 5.51 Å². The first kappa shape index (κ1) is 14.8. The van der Waals surface area contributed by atoms with Crippen LogP contribution in [0.5, 0.6) is 0 Å². The van der Waals surface area contributed by atoms with Gasteiger partial charge >= 0.3 is 0 Å². The van der Waals surface area contributed by atoms with Gasteiger partial charge in [-0.15, -0.1) is 11.3 Å². The summed E-state index contributed by atoms with van der Waals surface area (Å²) in [6, 6.07) is 6.73. The van der Waals surface area contributed by atoms with Crippen LogP contribution in [-0.2, 0) is 6.54 Å².